The number of hydrogen-bond donors (Lipinski definition) is 1. The first kappa shape index (κ1) is 11.1. The fraction of sp³-hybridized carbons (Fsp3) is 0.462. The van der Waals surface area contributed by atoms with Gasteiger partial charge in [0, 0.05) is 6.54 Å². The van der Waals surface area contributed by atoms with Crippen molar-refractivity contribution in [2.45, 2.75) is 33.9 Å². The molecular formula is C13H19N3. The number of aromatic nitrogens is 2. The predicted molar refractivity (Wildman–Crippen MR) is 67.6 cm³/mol. The number of nitrogens with one attached hydrogen (secondary N) is 1. The van der Waals surface area contributed by atoms with Crippen LogP contribution in [0, 0.1) is 13.8 Å². The van der Waals surface area contributed by atoms with Gasteiger partial charge in [-0.2, -0.15) is 0 Å². The van der Waals surface area contributed by atoms with Crippen molar-refractivity contribution in [1.82, 2.24) is 14.9 Å². The minimum Gasteiger partial charge on any atom is -0.327 e. The minimum absolute atomic E-state index is 0.820. The average Bonchev–Trinajstić information content (AvgIpc) is 2.56. The standard InChI is InChI=1S/C13H19N3/c1-5-16-12-7-10(3)9(2)6-11(12)15-13(16)8-14-4/h6-7,14H,5,8H2,1-4H3. The first-order valence-electron chi connectivity index (χ1n) is 5.78. The molecule has 0 saturated carbocycles. The van der Waals surface area contributed by atoms with Crippen LogP contribution in [0.2, 0.25) is 0 Å². The zero-order chi connectivity index (χ0) is 11.7. The van der Waals surface area contributed by atoms with E-state index in [1.54, 1.807) is 0 Å². The second-order valence-corrected chi connectivity index (χ2v) is 4.23. The number of benzene rings is 1. The van der Waals surface area contributed by atoms with Gasteiger partial charge in [-0.15, -0.1) is 0 Å². The molecule has 0 fully saturated rings. The van der Waals surface area contributed by atoms with Crippen LogP contribution in [0.15, 0.2) is 12.1 Å². The van der Waals surface area contributed by atoms with Crippen LogP contribution >= 0.6 is 0 Å². The summed E-state index contributed by atoms with van der Waals surface area (Å²) in [7, 11) is 1.95. The van der Waals surface area contributed by atoms with E-state index in [0.29, 0.717) is 0 Å². The van der Waals surface area contributed by atoms with Crippen LogP contribution in [0.4, 0.5) is 0 Å². The fourth-order valence-corrected chi connectivity index (χ4v) is 2.08. The molecule has 0 aliphatic heterocycles. The SMILES string of the molecule is CCn1c(CNC)nc2cc(C)c(C)cc21. The molecule has 1 aromatic carbocycles. The molecule has 1 heterocycles. The highest BCUT2D eigenvalue weighted by atomic mass is 15.1. The maximum absolute atomic E-state index is 4.68. The van der Waals surface area contributed by atoms with Gasteiger partial charge >= 0.3 is 0 Å². The molecule has 0 aliphatic rings. The highest BCUT2D eigenvalue weighted by Gasteiger charge is 2.09. The lowest BCUT2D eigenvalue weighted by Gasteiger charge is -2.06. The molecule has 0 atom stereocenters. The molecule has 0 amide bonds. The van der Waals surface area contributed by atoms with E-state index in [1.807, 2.05) is 7.05 Å². The number of aryl methyl sites for hydroxylation is 3. The van der Waals surface area contributed by atoms with Crippen LogP contribution < -0.4 is 5.32 Å². The molecular weight excluding hydrogens is 198 g/mol. The maximum atomic E-state index is 4.68. The van der Waals surface area contributed by atoms with Gasteiger partial charge in [-0.3, -0.25) is 0 Å². The molecule has 0 spiro atoms. The van der Waals surface area contributed by atoms with Gasteiger partial charge in [-0.05, 0) is 51.1 Å². The predicted octanol–water partition coefficient (Wildman–Crippen LogP) is 2.39. The second-order valence-electron chi connectivity index (χ2n) is 4.23. The zero-order valence-corrected chi connectivity index (χ0v) is 10.5. The Balaban J connectivity index is 2.67. The van der Waals surface area contributed by atoms with E-state index in [0.717, 1.165) is 24.4 Å². The molecule has 2 rings (SSSR count). The molecule has 0 aliphatic carbocycles. The van der Waals surface area contributed by atoms with Crippen molar-refractivity contribution in [3.63, 3.8) is 0 Å². The Bertz CT molecular complexity index is 511. The summed E-state index contributed by atoms with van der Waals surface area (Å²) >= 11 is 0. The summed E-state index contributed by atoms with van der Waals surface area (Å²) in [6.07, 6.45) is 0. The molecule has 2 aromatic rings. The summed E-state index contributed by atoms with van der Waals surface area (Å²) in [5.41, 5.74) is 4.99. The molecule has 16 heavy (non-hydrogen) atoms. The second kappa shape index (κ2) is 4.26. The summed E-state index contributed by atoms with van der Waals surface area (Å²) in [4.78, 5) is 4.68. The molecule has 0 saturated heterocycles. The van der Waals surface area contributed by atoms with E-state index in [1.165, 1.54) is 16.6 Å². The number of fused-ring (bicyclic) bond motifs is 1. The van der Waals surface area contributed by atoms with E-state index in [-0.39, 0.29) is 0 Å². The monoisotopic (exact) mass is 217 g/mol. The number of hydrogen-bond acceptors (Lipinski definition) is 2. The van der Waals surface area contributed by atoms with Crippen LogP contribution in [0.1, 0.15) is 23.9 Å². The summed E-state index contributed by atoms with van der Waals surface area (Å²) in [5, 5.41) is 3.17. The van der Waals surface area contributed by atoms with Crippen LogP contribution in [-0.4, -0.2) is 16.6 Å². The van der Waals surface area contributed by atoms with Crippen LogP contribution in [-0.2, 0) is 13.1 Å². The lowest BCUT2D eigenvalue weighted by Crippen LogP contribution is -2.11. The molecule has 86 valence electrons. The van der Waals surface area contributed by atoms with E-state index < -0.39 is 0 Å². The lowest BCUT2D eigenvalue weighted by atomic mass is 10.1. The van der Waals surface area contributed by atoms with Crippen LogP contribution in [0.25, 0.3) is 11.0 Å². The van der Waals surface area contributed by atoms with Crippen molar-refractivity contribution in [2.24, 2.45) is 0 Å². The smallest absolute Gasteiger partial charge is 0.123 e. The Morgan fingerprint density at radius 1 is 1.25 bits per heavy atom. The minimum atomic E-state index is 0.820. The Morgan fingerprint density at radius 2 is 1.94 bits per heavy atom. The first-order valence-corrected chi connectivity index (χ1v) is 5.78. The maximum Gasteiger partial charge on any atom is 0.123 e. The summed E-state index contributed by atoms with van der Waals surface area (Å²) in [6.45, 7) is 8.24. The Morgan fingerprint density at radius 3 is 2.56 bits per heavy atom. The average molecular weight is 217 g/mol. The lowest BCUT2D eigenvalue weighted by molar-refractivity contribution is 0.670. The van der Waals surface area contributed by atoms with Crippen molar-refractivity contribution in [2.75, 3.05) is 7.05 Å². The topological polar surface area (TPSA) is 29.9 Å². The number of rotatable bonds is 3. The van der Waals surface area contributed by atoms with Crippen molar-refractivity contribution in [3.8, 4) is 0 Å². The molecule has 0 unspecified atom stereocenters. The zero-order valence-electron chi connectivity index (χ0n) is 10.5. The Hall–Kier alpha value is -1.35. The molecule has 0 bridgehead atoms. The van der Waals surface area contributed by atoms with E-state index in [9.17, 15) is 0 Å². The molecule has 3 nitrogen and oxygen atoms in total. The summed E-state index contributed by atoms with van der Waals surface area (Å²) < 4.78 is 2.28. The van der Waals surface area contributed by atoms with Gasteiger partial charge in [0.2, 0.25) is 0 Å². The number of nitrogens with zero attached hydrogens (tertiary/aromatic N) is 2. The third-order valence-electron chi connectivity index (χ3n) is 3.09. The fourth-order valence-electron chi connectivity index (χ4n) is 2.08. The third kappa shape index (κ3) is 1.71. The van der Waals surface area contributed by atoms with Crippen LogP contribution in [0.5, 0.6) is 0 Å². The Labute approximate surface area is 96.5 Å². The highest BCUT2D eigenvalue weighted by Crippen LogP contribution is 2.20. The van der Waals surface area contributed by atoms with Crippen molar-refractivity contribution in [1.29, 1.82) is 0 Å². The van der Waals surface area contributed by atoms with Gasteiger partial charge in [0.25, 0.3) is 0 Å². The molecule has 1 N–H and O–H groups in total. The largest absolute Gasteiger partial charge is 0.327 e. The van der Waals surface area contributed by atoms with Gasteiger partial charge in [0.1, 0.15) is 5.82 Å². The molecule has 3 heteroatoms. The quantitative estimate of drug-likeness (QED) is 0.855. The van der Waals surface area contributed by atoms with E-state index >= 15 is 0 Å². The normalized spacial score (nSPS) is 11.2. The first-order chi connectivity index (χ1) is 7.67. The van der Waals surface area contributed by atoms with Crippen molar-refractivity contribution < 1.29 is 0 Å². The van der Waals surface area contributed by atoms with E-state index in [2.05, 4.69) is 47.8 Å². The van der Waals surface area contributed by atoms with Gasteiger partial charge in [-0.25, -0.2) is 4.98 Å². The van der Waals surface area contributed by atoms with Gasteiger partial charge < -0.3 is 9.88 Å². The highest BCUT2D eigenvalue weighted by molar-refractivity contribution is 5.78. The summed E-state index contributed by atoms with van der Waals surface area (Å²) in [5.74, 6) is 1.12. The molecule has 1 aromatic heterocycles. The molecule has 0 radical (unpaired) electrons. The van der Waals surface area contributed by atoms with Crippen molar-refractivity contribution >= 4 is 11.0 Å². The number of imidazole rings is 1. The van der Waals surface area contributed by atoms with E-state index in [4.69, 9.17) is 0 Å². The Kier molecular flexibility index (Phi) is 2.97. The van der Waals surface area contributed by atoms with Crippen LogP contribution in [0.3, 0.4) is 0 Å². The summed E-state index contributed by atoms with van der Waals surface area (Å²) in [6, 6.07) is 4.41. The van der Waals surface area contributed by atoms with Crippen molar-refractivity contribution in [3.05, 3.63) is 29.1 Å². The van der Waals surface area contributed by atoms with Gasteiger partial charge in [0.15, 0.2) is 0 Å². The van der Waals surface area contributed by atoms with Gasteiger partial charge in [-0.1, -0.05) is 0 Å². The third-order valence-corrected chi connectivity index (χ3v) is 3.09. The van der Waals surface area contributed by atoms with Gasteiger partial charge in [0.05, 0.1) is 17.6 Å².